The number of rotatable bonds is 4. The van der Waals surface area contributed by atoms with E-state index in [1.54, 1.807) is 0 Å². The number of pyridine rings is 1. The monoisotopic (exact) mass is 167 g/mol. The van der Waals surface area contributed by atoms with Crippen molar-refractivity contribution in [1.29, 1.82) is 0 Å². The molecule has 0 aromatic carbocycles. The van der Waals surface area contributed by atoms with Gasteiger partial charge < -0.3 is 10.1 Å². The normalized spacial score (nSPS) is 9.83. The zero-order valence-corrected chi connectivity index (χ0v) is 7.58. The molecule has 0 unspecified atom stereocenters. The first-order valence-electron chi connectivity index (χ1n) is 4.05. The van der Waals surface area contributed by atoms with Crippen molar-refractivity contribution in [3.63, 3.8) is 0 Å². The van der Waals surface area contributed by atoms with Gasteiger partial charge >= 0.3 is 0 Å². The van der Waals surface area contributed by atoms with Gasteiger partial charge in [0, 0.05) is 18.7 Å². The average molecular weight is 167 g/mol. The van der Waals surface area contributed by atoms with Crippen LogP contribution in [-0.4, -0.2) is 20.2 Å². The van der Waals surface area contributed by atoms with Crippen molar-refractivity contribution in [3.05, 3.63) is 24.5 Å². The molecule has 3 heteroatoms. The highest BCUT2D eigenvalue weighted by atomic mass is 16.5. The van der Waals surface area contributed by atoms with Gasteiger partial charge in [0.25, 0.3) is 0 Å². The van der Waals surface area contributed by atoms with Crippen LogP contribution in [0.25, 0.3) is 0 Å². The molecule has 1 N–H and O–H groups in total. The van der Waals surface area contributed by atoms with Gasteiger partial charge in [-0.1, -0.05) is 0 Å². The first kappa shape index (κ1) is 9.00. The Morgan fingerprint density at radius 3 is 2.67 bits per heavy atom. The fourth-order valence-corrected chi connectivity index (χ4v) is 0.854. The van der Waals surface area contributed by atoms with Crippen LogP contribution in [0.3, 0.4) is 0 Å². The molecule has 0 spiro atoms. The molecule has 12 heavy (non-hydrogen) atoms. The summed E-state index contributed by atoms with van der Waals surface area (Å²) in [6, 6.07) is 3.91. The van der Waals surface area contributed by atoms with E-state index in [-0.39, 0.29) is 0 Å². The molecule has 1 heterocycles. The van der Waals surface area contributed by atoms with Gasteiger partial charge in [-0.15, -0.1) is 0 Å². The molecule has 1 rings (SSSR count). The molecule has 0 radical (unpaired) electrons. The van der Waals surface area contributed by atoms with Crippen molar-refractivity contribution in [2.24, 2.45) is 7.05 Å². The van der Waals surface area contributed by atoms with Crippen LogP contribution in [0, 0.1) is 0 Å². The van der Waals surface area contributed by atoms with E-state index in [9.17, 15) is 0 Å². The van der Waals surface area contributed by atoms with E-state index < -0.39 is 0 Å². The van der Waals surface area contributed by atoms with Gasteiger partial charge in [0.1, 0.15) is 19.4 Å². The van der Waals surface area contributed by atoms with E-state index in [0.717, 1.165) is 12.3 Å². The fraction of sp³-hybridized carbons (Fsp3) is 0.444. The Labute approximate surface area is 73.0 Å². The maximum atomic E-state index is 5.43. The lowest BCUT2D eigenvalue weighted by atomic mass is 10.4. The highest BCUT2D eigenvalue weighted by Gasteiger charge is 1.94. The second-order valence-electron chi connectivity index (χ2n) is 2.65. The summed E-state index contributed by atoms with van der Waals surface area (Å²) in [4.78, 5) is 0. The van der Waals surface area contributed by atoms with Crippen LogP contribution >= 0.6 is 0 Å². The van der Waals surface area contributed by atoms with Gasteiger partial charge in [-0.2, -0.15) is 0 Å². The van der Waals surface area contributed by atoms with E-state index in [1.807, 2.05) is 43.2 Å². The van der Waals surface area contributed by atoms with Crippen molar-refractivity contribution in [3.8, 4) is 5.75 Å². The highest BCUT2D eigenvalue weighted by molar-refractivity contribution is 5.14. The van der Waals surface area contributed by atoms with Gasteiger partial charge in [0.05, 0.1) is 0 Å². The van der Waals surface area contributed by atoms with Crippen LogP contribution in [0.4, 0.5) is 0 Å². The SMILES string of the molecule is CNCCOc1cc[n+](C)cc1. The summed E-state index contributed by atoms with van der Waals surface area (Å²) in [7, 11) is 3.89. The van der Waals surface area contributed by atoms with Crippen LogP contribution in [0.15, 0.2) is 24.5 Å². The van der Waals surface area contributed by atoms with Crippen molar-refractivity contribution < 1.29 is 9.30 Å². The smallest absolute Gasteiger partial charge is 0.172 e. The summed E-state index contributed by atoms with van der Waals surface area (Å²) in [5.74, 6) is 0.920. The molecule has 0 aliphatic carbocycles. The first-order valence-corrected chi connectivity index (χ1v) is 4.05. The summed E-state index contributed by atoms with van der Waals surface area (Å²) in [5, 5.41) is 3.02. The van der Waals surface area contributed by atoms with E-state index >= 15 is 0 Å². The van der Waals surface area contributed by atoms with Crippen LogP contribution in [0.5, 0.6) is 5.75 Å². The molecule has 0 saturated heterocycles. The molecule has 0 aliphatic heterocycles. The van der Waals surface area contributed by atoms with Gasteiger partial charge in [-0.05, 0) is 7.05 Å². The molecule has 0 amide bonds. The molecule has 1 aromatic rings. The summed E-state index contributed by atoms with van der Waals surface area (Å²) >= 11 is 0. The number of aryl methyl sites for hydroxylation is 1. The Bertz CT molecular complexity index is 220. The van der Waals surface area contributed by atoms with Gasteiger partial charge in [-0.25, -0.2) is 4.57 Å². The molecular weight excluding hydrogens is 152 g/mol. The number of nitrogens with zero attached hydrogens (tertiary/aromatic N) is 1. The number of ether oxygens (including phenoxy) is 1. The summed E-state index contributed by atoms with van der Waals surface area (Å²) in [5.41, 5.74) is 0. The van der Waals surface area contributed by atoms with Crippen molar-refractivity contribution in [2.75, 3.05) is 20.2 Å². The Hall–Kier alpha value is -1.09. The Morgan fingerprint density at radius 1 is 1.42 bits per heavy atom. The topological polar surface area (TPSA) is 25.1 Å². The molecule has 1 aromatic heterocycles. The van der Waals surface area contributed by atoms with Crippen molar-refractivity contribution >= 4 is 0 Å². The summed E-state index contributed by atoms with van der Waals surface area (Å²) < 4.78 is 7.40. The minimum absolute atomic E-state index is 0.713. The Kier molecular flexibility index (Phi) is 3.54. The molecule has 66 valence electrons. The predicted molar refractivity (Wildman–Crippen MR) is 47.0 cm³/mol. The Balaban J connectivity index is 2.37. The third-order valence-electron chi connectivity index (χ3n) is 1.57. The molecule has 0 bridgehead atoms. The lowest BCUT2D eigenvalue weighted by Crippen LogP contribution is -2.25. The first-order chi connectivity index (χ1) is 5.83. The van der Waals surface area contributed by atoms with Crippen LogP contribution in [0.1, 0.15) is 0 Å². The maximum absolute atomic E-state index is 5.43. The largest absolute Gasteiger partial charge is 0.492 e. The maximum Gasteiger partial charge on any atom is 0.172 e. The van der Waals surface area contributed by atoms with Gasteiger partial charge in [0.2, 0.25) is 0 Å². The third kappa shape index (κ3) is 2.88. The standard InChI is InChI=1S/C9H15N2O/c1-10-5-8-12-9-3-6-11(2)7-4-9/h3-4,6-7,10H,5,8H2,1-2H3/q+1. The number of aromatic nitrogens is 1. The number of hydrogen-bond donors (Lipinski definition) is 1. The minimum Gasteiger partial charge on any atom is -0.492 e. The molecule has 0 fully saturated rings. The average Bonchev–Trinajstić information content (AvgIpc) is 2.09. The number of likely N-dealkylation sites (N-methyl/N-ethyl adjacent to an activating group) is 1. The Morgan fingerprint density at radius 2 is 2.08 bits per heavy atom. The number of hydrogen-bond acceptors (Lipinski definition) is 2. The van der Waals surface area contributed by atoms with Crippen molar-refractivity contribution in [2.45, 2.75) is 0 Å². The van der Waals surface area contributed by atoms with E-state index in [2.05, 4.69) is 5.32 Å². The van der Waals surface area contributed by atoms with Crippen LogP contribution in [-0.2, 0) is 7.05 Å². The van der Waals surface area contributed by atoms with E-state index in [0.29, 0.717) is 6.61 Å². The van der Waals surface area contributed by atoms with Gasteiger partial charge in [0.15, 0.2) is 12.4 Å². The summed E-state index contributed by atoms with van der Waals surface area (Å²) in [6.07, 6.45) is 3.93. The van der Waals surface area contributed by atoms with E-state index in [1.165, 1.54) is 0 Å². The van der Waals surface area contributed by atoms with E-state index in [4.69, 9.17) is 4.74 Å². The third-order valence-corrected chi connectivity index (χ3v) is 1.57. The molecule has 0 aliphatic rings. The lowest BCUT2D eigenvalue weighted by molar-refractivity contribution is -0.671. The number of nitrogens with one attached hydrogen (secondary N) is 1. The van der Waals surface area contributed by atoms with Gasteiger partial charge in [-0.3, -0.25) is 0 Å². The molecule has 0 atom stereocenters. The second kappa shape index (κ2) is 4.72. The highest BCUT2D eigenvalue weighted by Crippen LogP contribution is 2.04. The fourth-order valence-electron chi connectivity index (χ4n) is 0.854. The summed E-state index contributed by atoms with van der Waals surface area (Å²) in [6.45, 7) is 1.59. The van der Waals surface area contributed by atoms with Crippen LogP contribution in [0.2, 0.25) is 0 Å². The second-order valence-corrected chi connectivity index (χ2v) is 2.65. The molecular formula is C9H15N2O+. The molecule has 0 saturated carbocycles. The zero-order valence-electron chi connectivity index (χ0n) is 7.58. The molecule has 3 nitrogen and oxygen atoms in total. The minimum atomic E-state index is 0.713. The zero-order chi connectivity index (χ0) is 8.81. The lowest BCUT2D eigenvalue weighted by Gasteiger charge is -2.03. The quantitative estimate of drug-likeness (QED) is 0.508. The van der Waals surface area contributed by atoms with Crippen molar-refractivity contribution in [1.82, 2.24) is 5.32 Å². The van der Waals surface area contributed by atoms with Crippen LogP contribution < -0.4 is 14.6 Å². The predicted octanol–water partition coefficient (Wildman–Crippen LogP) is 0.109.